The van der Waals surface area contributed by atoms with Gasteiger partial charge in [0.2, 0.25) is 0 Å². The van der Waals surface area contributed by atoms with Gasteiger partial charge >= 0.3 is 0 Å². The van der Waals surface area contributed by atoms with E-state index in [1.54, 1.807) is 7.11 Å². The van der Waals surface area contributed by atoms with Gasteiger partial charge in [-0.1, -0.05) is 24.6 Å². The molecule has 2 fully saturated rings. The molecule has 4 rings (SSSR count). The van der Waals surface area contributed by atoms with E-state index >= 15 is 0 Å². The van der Waals surface area contributed by atoms with Crippen LogP contribution in [-0.2, 0) is 4.74 Å². The quantitative estimate of drug-likeness (QED) is 0.832. The van der Waals surface area contributed by atoms with E-state index in [0.29, 0.717) is 12.0 Å². The van der Waals surface area contributed by atoms with Crippen LogP contribution in [0, 0.1) is 0 Å². The molecule has 132 valence electrons. The van der Waals surface area contributed by atoms with Crippen molar-refractivity contribution in [3.8, 4) is 0 Å². The van der Waals surface area contributed by atoms with Gasteiger partial charge in [0.25, 0.3) is 0 Å². The first-order chi connectivity index (χ1) is 12.3. The lowest BCUT2D eigenvalue weighted by molar-refractivity contribution is 0.117. The van der Waals surface area contributed by atoms with Gasteiger partial charge in [-0.3, -0.25) is 9.99 Å². The lowest BCUT2D eigenvalue weighted by atomic mass is 9.82. The number of hydrazone groups is 1. The van der Waals surface area contributed by atoms with Gasteiger partial charge in [-0.05, 0) is 49.8 Å². The summed E-state index contributed by atoms with van der Waals surface area (Å²) in [6, 6.07) is 11.1. The summed E-state index contributed by atoms with van der Waals surface area (Å²) in [6.45, 7) is 1.83. The fraction of sp³-hybridized carbons (Fsp3) is 0.524. The number of hydrogen-bond acceptors (Lipinski definition) is 4. The highest BCUT2D eigenvalue weighted by molar-refractivity contribution is 5.92. The number of benzene rings is 1. The summed E-state index contributed by atoms with van der Waals surface area (Å²) >= 11 is 0. The zero-order valence-electron chi connectivity index (χ0n) is 15.0. The van der Waals surface area contributed by atoms with Gasteiger partial charge in [0.1, 0.15) is 0 Å². The van der Waals surface area contributed by atoms with E-state index in [4.69, 9.17) is 9.84 Å². The van der Waals surface area contributed by atoms with Crippen molar-refractivity contribution in [1.82, 2.24) is 9.99 Å². The first-order valence-electron chi connectivity index (χ1n) is 9.53. The zero-order valence-corrected chi connectivity index (χ0v) is 15.0. The smallest absolute Gasteiger partial charge is 0.0704 e. The van der Waals surface area contributed by atoms with E-state index in [0.717, 1.165) is 25.1 Å². The van der Waals surface area contributed by atoms with Gasteiger partial charge in [-0.2, -0.15) is 5.10 Å². The Kier molecular flexibility index (Phi) is 4.97. The summed E-state index contributed by atoms with van der Waals surface area (Å²) in [4.78, 5) is 4.68. The molecule has 1 saturated heterocycles. The third-order valence-electron chi connectivity index (χ3n) is 5.55. The molecule has 4 nitrogen and oxygen atoms in total. The molecule has 1 aliphatic carbocycles. The van der Waals surface area contributed by atoms with Crippen LogP contribution in [-0.4, -0.2) is 42.0 Å². The van der Waals surface area contributed by atoms with Crippen molar-refractivity contribution in [2.75, 3.05) is 20.3 Å². The maximum atomic E-state index is 5.38. The van der Waals surface area contributed by atoms with Crippen molar-refractivity contribution in [1.29, 1.82) is 0 Å². The Bertz CT molecular complexity index is 758. The number of methoxy groups -OCH3 is 1. The van der Waals surface area contributed by atoms with E-state index in [-0.39, 0.29) is 0 Å². The van der Waals surface area contributed by atoms with Gasteiger partial charge in [0.15, 0.2) is 0 Å². The van der Waals surface area contributed by atoms with Crippen LogP contribution in [0.4, 0.5) is 0 Å². The molecule has 0 bridgehead atoms. The molecule has 1 aromatic carbocycles. The van der Waals surface area contributed by atoms with Crippen molar-refractivity contribution >= 4 is 16.6 Å². The number of fused-ring (bicyclic) bond motifs is 1. The minimum absolute atomic E-state index is 0.412. The summed E-state index contributed by atoms with van der Waals surface area (Å²) in [6.07, 6.45) is 9.27. The minimum Gasteiger partial charge on any atom is -0.382 e. The van der Waals surface area contributed by atoms with E-state index in [2.05, 4.69) is 40.5 Å². The number of rotatable bonds is 4. The van der Waals surface area contributed by atoms with Crippen LogP contribution in [0.1, 0.15) is 50.0 Å². The largest absolute Gasteiger partial charge is 0.382 e. The summed E-state index contributed by atoms with van der Waals surface area (Å²) in [5.41, 5.74) is 3.73. The second-order valence-corrected chi connectivity index (χ2v) is 7.27. The van der Waals surface area contributed by atoms with Crippen LogP contribution in [0.15, 0.2) is 41.6 Å². The molecule has 1 aliphatic heterocycles. The summed E-state index contributed by atoms with van der Waals surface area (Å²) in [7, 11) is 1.79. The number of nitrogens with zero attached hydrogens (tertiary/aromatic N) is 3. The first kappa shape index (κ1) is 16.5. The van der Waals surface area contributed by atoms with Crippen LogP contribution >= 0.6 is 0 Å². The molecule has 1 saturated carbocycles. The highest BCUT2D eigenvalue weighted by atomic mass is 16.5. The Labute approximate surface area is 149 Å². The molecule has 2 atom stereocenters. The fourth-order valence-electron chi connectivity index (χ4n) is 4.23. The molecule has 2 aliphatic rings. The molecule has 4 heteroatoms. The summed E-state index contributed by atoms with van der Waals surface area (Å²) in [5, 5.41) is 8.62. The highest BCUT2D eigenvalue weighted by Crippen LogP contribution is 2.33. The Hall–Kier alpha value is -1.94. The lowest BCUT2D eigenvalue weighted by Gasteiger charge is -2.28. The van der Waals surface area contributed by atoms with Crippen molar-refractivity contribution < 1.29 is 4.74 Å². The standard InChI is InChI=1S/C21H27N3O/c1-25-15-18-8-6-12-24(18)23-21-11-5-3-9-19(21)17-13-16-7-2-4-10-20(16)22-14-17/h2,4,7,10,13-14,18-19H,3,5-6,8-9,11-12,15H2,1H3/t18-,19?/m1/s1. The summed E-state index contributed by atoms with van der Waals surface area (Å²) in [5.74, 6) is 0.412. The van der Waals surface area contributed by atoms with Crippen LogP contribution in [0.25, 0.3) is 10.9 Å². The van der Waals surface area contributed by atoms with Crippen molar-refractivity contribution in [3.63, 3.8) is 0 Å². The van der Waals surface area contributed by atoms with Crippen molar-refractivity contribution in [3.05, 3.63) is 42.1 Å². The molecule has 0 amide bonds. The molecule has 0 N–H and O–H groups in total. The monoisotopic (exact) mass is 337 g/mol. The van der Waals surface area contributed by atoms with Crippen molar-refractivity contribution in [2.45, 2.75) is 50.5 Å². The molecule has 0 spiro atoms. The normalized spacial score (nSPS) is 25.8. The van der Waals surface area contributed by atoms with Crippen LogP contribution in [0.2, 0.25) is 0 Å². The second kappa shape index (κ2) is 7.52. The topological polar surface area (TPSA) is 37.7 Å². The van der Waals surface area contributed by atoms with Gasteiger partial charge in [-0.25, -0.2) is 0 Å². The van der Waals surface area contributed by atoms with E-state index < -0.39 is 0 Å². The van der Waals surface area contributed by atoms with Crippen LogP contribution < -0.4 is 0 Å². The Morgan fingerprint density at radius 3 is 3.04 bits per heavy atom. The molecular weight excluding hydrogens is 310 g/mol. The molecule has 2 heterocycles. The third-order valence-corrected chi connectivity index (χ3v) is 5.55. The molecule has 1 aromatic heterocycles. The zero-order chi connectivity index (χ0) is 17.1. The average molecular weight is 337 g/mol. The Morgan fingerprint density at radius 2 is 2.12 bits per heavy atom. The molecular formula is C21H27N3O. The van der Waals surface area contributed by atoms with E-state index in [1.807, 2.05) is 6.07 Å². The average Bonchev–Trinajstić information content (AvgIpc) is 3.09. The minimum atomic E-state index is 0.412. The fourth-order valence-corrected chi connectivity index (χ4v) is 4.23. The number of ether oxygens (including phenoxy) is 1. The molecule has 2 aromatic rings. The Balaban J connectivity index is 1.62. The number of aromatic nitrogens is 1. The van der Waals surface area contributed by atoms with Crippen LogP contribution in [0.3, 0.4) is 0 Å². The molecule has 1 unspecified atom stereocenters. The number of pyridine rings is 1. The second-order valence-electron chi connectivity index (χ2n) is 7.27. The lowest BCUT2D eigenvalue weighted by Crippen LogP contribution is -2.31. The van der Waals surface area contributed by atoms with E-state index in [9.17, 15) is 0 Å². The van der Waals surface area contributed by atoms with Crippen LogP contribution in [0.5, 0.6) is 0 Å². The predicted octanol–water partition coefficient (Wildman–Crippen LogP) is 4.36. The van der Waals surface area contributed by atoms with Gasteiger partial charge in [-0.15, -0.1) is 0 Å². The Morgan fingerprint density at radius 1 is 1.20 bits per heavy atom. The molecule has 0 radical (unpaired) electrons. The van der Waals surface area contributed by atoms with Gasteiger partial charge in [0, 0.05) is 36.9 Å². The summed E-state index contributed by atoms with van der Waals surface area (Å²) < 4.78 is 5.38. The van der Waals surface area contributed by atoms with E-state index in [1.165, 1.54) is 48.8 Å². The maximum Gasteiger partial charge on any atom is 0.0704 e. The molecule has 25 heavy (non-hydrogen) atoms. The van der Waals surface area contributed by atoms with Crippen molar-refractivity contribution in [2.24, 2.45) is 5.10 Å². The number of para-hydroxylation sites is 1. The first-order valence-corrected chi connectivity index (χ1v) is 9.53. The highest BCUT2D eigenvalue weighted by Gasteiger charge is 2.27. The predicted molar refractivity (Wildman–Crippen MR) is 102 cm³/mol. The van der Waals surface area contributed by atoms with Gasteiger partial charge < -0.3 is 4.74 Å². The maximum absolute atomic E-state index is 5.38. The third kappa shape index (κ3) is 3.54. The van der Waals surface area contributed by atoms with Gasteiger partial charge in [0.05, 0.1) is 18.2 Å². The SMILES string of the molecule is COC[C@H]1CCCN1N=C1CCCCC1c1cnc2ccccc2c1. The number of hydrogen-bond donors (Lipinski definition) is 0.